The summed E-state index contributed by atoms with van der Waals surface area (Å²) in [5.74, 6) is 0.446. The molecule has 2 heterocycles. The van der Waals surface area contributed by atoms with Gasteiger partial charge in [0.1, 0.15) is 0 Å². The lowest BCUT2D eigenvalue weighted by Gasteiger charge is -2.08. The van der Waals surface area contributed by atoms with Crippen LogP contribution in [0.4, 0.5) is 5.95 Å². The number of hydrazone groups is 1. The van der Waals surface area contributed by atoms with Gasteiger partial charge in [0.2, 0.25) is 5.95 Å². The molecule has 4 aromatic rings. The quantitative estimate of drug-likeness (QED) is 0.386. The van der Waals surface area contributed by atoms with Crippen molar-refractivity contribution in [3.05, 3.63) is 75.9 Å². The van der Waals surface area contributed by atoms with Crippen LogP contribution in [0.5, 0.6) is 0 Å². The molecule has 0 fully saturated rings. The van der Waals surface area contributed by atoms with Gasteiger partial charge in [-0.25, -0.2) is 15.4 Å². The van der Waals surface area contributed by atoms with Gasteiger partial charge in [-0.15, -0.1) is 11.3 Å². The fraction of sp³-hybridized carbons (Fsp3) is 0. The van der Waals surface area contributed by atoms with Crippen LogP contribution in [0, 0.1) is 0 Å². The molecule has 122 valence electrons. The maximum atomic E-state index is 6.17. The Morgan fingerprint density at radius 2 is 1.88 bits per heavy atom. The average Bonchev–Trinajstić information content (AvgIpc) is 3.15. The molecule has 0 atom stereocenters. The Morgan fingerprint density at radius 1 is 1.00 bits per heavy atom. The summed E-state index contributed by atoms with van der Waals surface area (Å²) in [6.07, 6.45) is 1.75. The highest BCUT2D eigenvalue weighted by Gasteiger charge is 2.10. The molecule has 0 radical (unpaired) electrons. The number of rotatable bonds is 4. The van der Waals surface area contributed by atoms with Gasteiger partial charge in [-0.1, -0.05) is 48.0 Å². The van der Waals surface area contributed by atoms with Gasteiger partial charge in [0.15, 0.2) is 0 Å². The van der Waals surface area contributed by atoms with Gasteiger partial charge in [-0.3, -0.25) is 0 Å². The highest BCUT2D eigenvalue weighted by Crippen LogP contribution is 2.29. The first-order chi connectivity index (χ1) is 12.3. The van der Waals surface area contributed by atoms with Gasteiger partial charge in [0, 0.05) is 20.8 Å². The second kappa shape index (κ2) is 7.01. The van der Waals surface area contributed by atoms with Crippen molar-refractivity contribution in [3.63, 3.8) is 0 Å². The van der Waals surface area contributed by atoms with E-state index < -0.39 is 0 Å². The van der Waals surface area contributed by atoms with Crippen molar-refractivity contribution < 1.29 is 0 Å². The van der Waals surface area contributed by atoms with Gasteiger partial charge in [-0.2, -0.15) is 5.10 Å². The molecule has 1 N–H and O–H groups in total. The molecule has 0 unspecified atom stereocenters. The van der Waals surface area contributed by atoms with Gasteiger partial charge >= 0.3 is 0 Å². The molecule has 4 nitrogen and oxygen atoms in total. The summed E-state index contributed by atoms with van der Waals surface area (Å²) >= 11 is 7.78. The van der Waals surface area contributed by atoms with Crippen LogP contribution in [0.25, 0.3) is 22.2 Å². The van der Waals surface area contributed by atoms with Crippen LogP contribution in [-0.4, -0.2) is 16.2 Å². The summed E-state index contributed by atoms with van der Waals surface area (Å²) in [5, 5.41) is 7.80. The van der Waals surface area contributed by atoms with E-state index in [4.69, 9.17) is 11.6 Å². The molecular formula is C19H13ClN4S. The van der Waals surface area contributed by atoms with E-state index >= 15 is 0 Å². The standard InChI is InChI=1S/C19H13ClN4S/c20-14-8-9-17-16(11-14)18(13-5-2-1-3-6-13)23-19(22-17)24-21-12-15-7-4-10-25-15/h1-12H,(H,22,23,24)/b21-12+. The molecular weight excluding hydrogens is 352 g/mol. The molecule has 0 saturated heterocycles. The molecule has 25 heavy (non-hydrogen) atoms. The van der Waals surface area contributed by atoms with Crippen molar-refractivity contribution in [1.29, 1.82) is 0 Å². The molecule has 4 rings (SSSR count). The van der Waals surface area contributed by atoms with E-state index in [1.54, 1.807) is 17.6 Å². The normalized spacial score (nSPS) is 11.2. The van der Waals surface area contributed by atoms with Crippen molar-refractivity contribution in [2.75, 3.05) is 5.43 Å². The lowest BCUT2D eigenvalue weighted by molar-refractivity contribution is 1.16. The third kappa shape index (κ3) is 3.52. The molecule has 0 aliphatic carbocycles. The van der Waals surface area contributed by atoms with Crippen molar-refractivity contribution in [2.45, 2.75) is 0 Å². The summed E-state index contributed by atoms with van der Waals surface area (Å²) in [4.78, 5) is 10.2. The van der Waals surface area contributed by atoms with Crippen molar-refractivity contribution in [2.24, 2.45) is 5.10 Å². The third-order valence-corrected chi connectivity index (χ3v) is 4.65. The molecule has 0 bridgehead atoms. The Bertz CT molecular complexity index is 1030. The van der Waals surface area contributed by atoms with Crippen LogP contribution in [0.2, 0.25) is 5.02 Å². The predicted octanol–water partition coefficient (Wildman–Crippen LogP) is 5.46. The number of benzene rings is 2. The van der Waals surface area contributed by atoms with Crippen molar-refractivity contribution in [3.8, 4) is 11.3 Å². The topological polar surface area (TPSA) is 50.2 Å². The summed E-state index contributed by atoms with van der Waals surface area (Å²) in [7, 11) is 0. The SMILES string of the molecule is Clc1ccc2nc(N/N=C/c3cccs3)nc(-c3ccccc3)c2c1. The molecule has 0 amide bonds. The first kappa shape index (κ1) is 15.7. The maximum Gasteiger partial charge on any atom is 0.244 e. The van der Waals surface area contributed by atoms with Crippen LogP contribution >= 0.6 is 22.9 Å². The fourth-order valence-electron chi connectivity index (χ4n) is 2.49. The Hall–Kier alpha value is -2.76. The fourth-order valence-corrected chi connectivity index (χ4v) is 3.24. The Kier molecular flexibility index (Phi) is 4.41. The highest BCUT2D eigenvalue weighted by atomic mass is 35.5. The molecule has 2 aromatic heterocycles. The predicted molar refractivity (Wildman–Crippen MR) is 106 cm³/mol. The number of fused-ring (bicyclic) bond motifs is 1. The van der Waals surface area contributed by atoms with Crippen LogP contribution in [0.1, 0.15) is 4.88 Å². The molecule has 6 heteroatoms. The van der Waals surface area contributed by atoms with Crippen molar-refractivity contribution >= 4 is 46.0 Å². The Labute approximate surface area is 153 Å². The van der Waals surface area contributed by atoms with Crippen LogP contribution in [-0.2, 0) is 0 Å². The Morgan fingerprint density at radius 3 is 2.68 bits per heavy atom. The second-order valence-electron chi connectivity index (χ2n) is 5.31. The monoisotopic (exact) mass is 364 g/mol. The zero-order valence-corrected chi connectivity index (χ0v) is 14.6. The van der Waals surface area contributed by atoms with Gasteiger partial charge in [0.05, 0.1) is 17.4 Å². The van der Waals surface area contributed by atoms with E-state index in [0.29, 0.717) is 11.0 Å². The summed E-state index contributed by atoms with van der Waals surface area (Å²) < 4.78 is 0. The largest absolute Gasteiger partial charge is 0.245 e. The van der Waals surface area contributed by atoms with Crippen LogP contribution in [0.3, 0.4) is 0 Å². The third-order valence-electron chi connectivity index (χ3n) is 3.60. The lowest BCUT2D eigenvalue weighted by atomic mass is 10.1. The van der Waals surface area contributed by atoms with Crippen LogP contribution in [0.15, 0.2) is 71.1 Å². The van der Waals surface area contributed by atoms with E-state index in [2.05, 4.69) is 20.5 Å². The number of halogens is 1. The van der Waals surface area contributed by atoms with Gasteiger partial charge in [-0.05, 0) is 29.6 Å². The minimum atomic E-state index is 0.446. The number of thiophene rings is 1. The number of anilines is 1. The first-order valence-electron chi connectivity index (χ1n) is 7.65. The minimum absolute atomic E-state index is 0.446. The number of nitrogens with one attached hydrogen (secondary N) is 1. The van der Waals surface area contributed by atoms with E-state index in [1.165, 1.54) is 0 Å². The number of aromatic nitrogens is 2. The van der Waals surface area contributed by atoms with Crippen molar-refractivity contribution in [1.82, 2.24) is 9.97 Å². The number of nitrogens with zero attached hydrogens (tertiary/aromatic N) is 3. The van der Waals surface area contributed by atoms with E-state index in [9.17, 15) is 0 Å². The average molecular weight is 365 g/mol. The molecule has 2 aromatic carbocycles. The maximum absolute atomic E-state index is 6.17. The molecule has 0 aliphatic rings. The van der Waals surface area contributed by atoms with E-state index in [1.807, 2.05) is 66.0 Å². The van der Waals surface area contributed by atoms with Gasteiger partial charge < -0.3 is 0 Å². The zero-order chi connectivity index (χ0) is 17.1. The van der Waals surface area contributed by atoms with Crippen LogP contribution < -0.4 is 5.43 Å². The number of hydrogen-bond donors (Lipinski definition) is 1. The number of hydrogen-bond acceptors (Lipinski definition) is 5. The van der Waals surface area contributed by atoms with E-state index in [0.717, 1.165) is 27.0 Å². The van der Waals surface area contributed by atoms with E-state index in [-0.39, 0.29) is 0 Å². The summed E-state index contributed by atoms with van der Waals surface area (Å²) in [6.45, 7) is 0. The zero-order valence-electron chi connectivity index (χ0n) is 13.1. The van der Waals surface area contributed by atoms with Gasteiger partial charge in [0.25, 0.3) is 0 Å². The smallest absolute Gasteiger partial charge is 0.244 e. The Balaban J connectivity index is 1.77. The summed E-state index contributed by atoms with van der Waals surface area (Å²) in [5.41, 5.74) is 5.56. The summed E-state index contributed by atoms with van der Waals surface area (Å²) in [6, 6.07) is 19.5. The molecule has 0 spiro atoms. The highest BCUT2D eigenvalue weighted by molar-refractivity contribution is 7.11. The second-order valence-corrected chi connectivity index (χ2v) is 6.72. The molecule has 0 aliphatic heterocycles. The molecule has 0 saturated carbocycles. The first-order valence-corrected chi connectivity index (χ1v) is 8.91. The lowest BCUT2D eigenvalue weighted by Crippen LogP contribution is -1.99. The minimum Gasteiger partial charge on any atom is -0.245 e.